The minimum absolute atomic E-state index is 0.699. The van der Waals surface area contributed by atoms with Crippen molar-refractivity contribution in [2.45, 2.75) is 46.5 Å². The van der Waals surface area contributed by atoms with E-state index in [2.05, 4.69) is 50.2 Å². The van der Waals surface area contributed by atoms with Gasteiger partial charge in [0.2, 0.25) is 0 Å². The summed E-state index contributed by atoms with van der Waals surface area (Å²) < 4.78 is 1.99. The van der Waals surface area contributed by atoms with Crippen LogP contribution in [0.5, 0.6) is 0 Å². The zero-order valence-electron chi connectivity index (χ0n) is 17.8. The van der Waals surface area contributed by atoms with Gasteiger partial charge in [0, 0.05) is 23.4 Å². The van der Waals surface area contributed by atoms with Gasteiger partial charge in [0.1, 0.15) is 0 Å². The van der Waals surface area contributed by atoms with Crippen LogP contribution in [0.25, 0.3) is 16.8 Å². The fraction of sp³-hybridized carbons (Fsp3) is 0.269. The fourth-order valence-corrected chi connectivity index (χ4v) is 3.97. The van der Waals surface area contributed by atoms with Gasteiger partial charge in [-0.3, -0.25) is 0 Å². The minimum atomic E-state index is 0.699. The molecule has 0 saturated carbocycles. The van der Waals surface area contributed by atoms with Crippen LogP contribution in [-0.2, 0) is 12.8 Å². The van der Waals surface area contributed by atoms with Crippen LogP contribution in [0.1, 0.15) is 53.5 Å². The Labute approximate surface area is 177 Å². The lowest BCUT2D eigenvalue weighted by Crippen LogP contribution is -1.98. The van der Waals surface area contributed by atoms with Gasteiger partial charge >= 0.3 is 0 Å². The van der Waals surface area contributed by atoms with Gasteiger partial charge in [-0.1, -0.05) is 55.8 Å². The normalized spacial score (nSPS) is 11.0. The monoisotopic (exact) mass is 394 g/mol. The van der Waals surface area contributed by atoms with Crippen molar-refractivity contribution >= 4 is 5.65 Å². The number of nitriles is 1. The number of rotatable bonds is 6. The van der Waals surface area contributed by atoms with Crippen molar-refractivity contribution in [2.75, 3.05) is 0 Å². The zero-order valence-corrected chi connectivity index (χ0v) is 17.8. The molecule has 0 unspecified atom stereocenters. The highest BCUT2D eigenvalue weighted by molar-refractivity contribution is 5.70. The van der Waals surface area contributed by atoms with E-state index in [1.54, 1.807) is 0 Å². The maximum absolute atomic E-state index is 9.39. The molecule has 30 heavy (non-hydrogen) atoms. The highest BCUT2D eigenvalue weighted by Crippen LogP contribution is 2.26. The first-order chi connectivity index (χ1) is 14.6. The van der Waals surface area contributed by atoms with Crippen LogP contribution >= 0.6 is 0 Å². The van der Waals surface area contributed by atoms with E-state index in [-0.39, 0.29) is 0 Å². The molecule has 4 heteroatoms. The summed E-state index contributed by atoms with van der Waals surface area (Å²) in [5, 5.41) is 14.3. The number of unbranched alkanes of at least 4 members (excludes halogenated alkanes) is 1. The molecule has 4 aromatic rings. The van der Waals surface area contributed by atoms with E-state index in [1.165, 1.54) is 11.1 Å². The van der Waals surface area contributed by atoms with Gasteiger partial charge in [0.25, 0.3) is 0 Å². The first-order valence-corrected chi connectivity index (χ1v) is 10.5. The topological polar surface area (TPSA) is 54.0 Å². The van der Waals surface area contributed by atoms with E-state index in [1.807, 2.05) is 35.7 Å². The van der Waals surface area contributed by atoms with Crippen LogP contribution in [0.15, 0.2) is 54.6 Å². The summed E-state index contributed by atoms with van der Waals surface area (Å²) in [6.07, 6.45) is 4.05. The SMILES string of the molecule is CCCCc1nn2c(C)cc(C)nc2c1Cc1ccc(-c2ccccc2C#N)cc1. The Bertz CT molecular complexity index is 1230. The molecule has 0 N–H and O–H groups in total. The predicted molar refractivity (Wildman–Crippen MR) is 120 cm³/mol. The molecule has 150 valence electrons. The Balaban J connectivity index is 1.71. The van der Waals surface area contributed by atoms with Crippen molar-refractivity contribution in [1.29, 1.82) is 5.26 Å². The van der Waals surface area contributed by atoms with Crippen LogP contribution in [0, 0.1) is 25.2 Å². The highest BCUT2D eigenvalue weighted by atomic mass is 15.3. The highest BCUT2D eigenvalue weighted by Gasteiger charge is 2.16. The summed E-state index contributed by atoms with van der Waals surface area (Å²) in [5.74, 6) is 0. The van der Waals surface area contributed by atoms with Gasteiger partial charge < -0.3 is 0 Å². The van der Waals surface area contributed by atoms with Gasteiger partial charge in [-0.2, -0.15) is 10.4 Å². The van der Waals surface area contributed by atoms with Crippen molar-refractivity contribution < 1.29 is 0 Å². The van der Waals surface area contributed by atoms with E-state index < -0.39 is 0 Å². The van der Waals surface area contributed by atoms with Gasteiger partial charge in [0.15, 0.2) is 5.65 Å². The van der Waals surface area contributed by atoms with Gasteiger partial charge in [0.05, 0.1) is 17.3 Å². The Morgan fingerprint density at radius 3 is 2.53 bits per heavy atom. The van der Waals surface area contributed by atoms with Crippen molar-refractivity contribution in [3.05, 3.63) is 88.4 Å². The summed E-state index contributed by atoms with van der Waals surface area (Å²) >= 11 is 0. The maximum Gasteiger partial charge on any atom is 0.159 e. The number of benzene rings is 2. The predicted octanol–water partition coefficient (Wildman–Crippen LogP) is 5.82. The van der Waals surface area contributed by atoms with E-state index in [0.29, 0.717) is 5.56 Å². The third-order valence-electron chi connectivity index (χ3n) is 5.53. The molecule has 0 aliphatic rings. The number of hydrogen-bond donors (Lipinski definition) is 0. The number of hydrogen-bond acceptors (Lipinski definition) is 3. The van der Waals surface area contributed by atoms with Crippen LogP contribution in [0.3, 0.4) is 0 Å². The number of nitrogens with zero attached hydrogens (tertiary/aromatic N) is 4. The van der Waals surface area contributed by atoms with Crippen LogP contribution in [-0.4, -0.2) is 14.6 Å². The van der Waals surface area contributed by atoms with Gasteiger partial charge in [-0.05, 0) is 55.5 Å². The third kappa shape index (κ3) is 3.84. The lowest BCUT2D eigenvalue weighted by atomic mass is 9.97. The van der Waals surface area contributed by atoms with Crippen molar-refractivity contribution in [3.8, 4) is 17.2 Å². The van der Waals surface area contributed by atoms with Gasteiger partial charge in [-0.15, -0.1) is 0 Å². The van der Waals surface area contributed by atoms with Crippen LogP contribution in [0.2, 0.25) is 0 Å². The largest absolute Gasteiger partial charge is 0.234 e. The molecule has 0 bridgehead atoms. The van der Waals surface area contributed by atoms with Gasteiger partial charge in [-0.25, -0.2) is 9.50 Å². The Hall–Kier alpha value is -3.45. The summed E-state index contributed by atoms with van der Waals surface area (Å²) in [7, 11) is 0. The second-order valence-corrected chi connectivity index (χ2v) is 7.83. The standard InChI is InChI=1S/C26H26N4/c1-4-5-10-25-24(26-28-18(2)15-19(3)30(26)29-25)16-20-11-13-21(14-12-20)23-9-7-6-8-22(23)17-27/h6-9,11-15H,4-5,10,16H2,1-3H3. The summed E-state index contributed by atoms with van der Waals surface area (Å²) in [4.78, 5) is 4.81. The molecule has 0 amide bonds. The number of aryl methyl sites for hydroxylation is 3. The average Bonchev–Trinajstić information content (AvgIpc) is 3.10. The molecule has 0 aliphatic heterocycles. The third-order valence-corrected chi connectivity index (χ3v) is 5.53. The number of fused-ring (bicyclic) bond motifs is 1. The lowest BCUT2D eigenvalue weighted by Gasteiger charge is -2.07. The molecule has 4 nitrogen and oxygen atoms in total. The first-order valence-electron chi connectivity index (χ1n) is 10.5. The van der Waals surface area contributed by atoms with Crippen molar-refractivity contribution in [1.82, 2.24) is 14.6 Å². The second kappa shape index (κ2) is 8.51. The average molecular weight is 395 g/mol. The minimum Gasteiger partial charge on any atom is -0.234 e. The molecule has 2 heterocycles. The lowest BCUT2D eigenvalue weighted by molar-refractivity contribution is 0.752. The summed E-state index contributed by atoms with van der Waals surface area (Å²) in [6.45, 7) is 6.33. The van der Waals surface area contributed by atoms with Crippen molar-refractivity contribution in [3.63, 3.8) is 0 Å². The molecular formula is C26H26N4. The molecule has 4 rings (SSSR count). The Morgan fingerprint density at radius 1 is 1.03 bits per heavy atom. The zero-order chi connectivity index (χ0) is 21.1. The molecule has 0 saturated heterocycles. The molecule has 0 spiro atoms. The molecule has 0 fully saturated rings. The fourth-order valence-electron chi connectivity index (χ4n) is 3.97. The first kappa shape index (κ1) is 19.8. The molecule has 2 aromatic carbocycles. The smallest absolute Gasteiger partial charge is 0.159 e. The van der Waals surface area contributed by atoms with E-state index in [4.69, 9.17) is 10.1 Å². The summed E-state index contributed by atoms with van der Waals surface area (Å²) in [6, 6.07) is 20.6. The van der Waals surface area contributed by atoms with Crippen LogP contribution < -0.4 is 0 Å². The second-order valence-electron chi connectivity index (χ2n) is 7.83. The quantitative estimate of drug-likeness (QED) is 0.414. The van der Waals surface area contributed by atoms with E-state index in [9.17, 15) is 5.26 Å². The molecule has 2 aromatic heterocycles. The summed E-state index contributed by atoms with van der Waals surface area (Å²) in [5.41, 5.74) is 9.43. The molecular weight excluding hydrogens is 368 g/mol. The van der Waals surface area contributed by atoms with E-state index >= 15 is 0 Å². The number of aromatic nitrogens is 3. The van der Waals surface area contributed by atoms with Crippen LogP contribution in [0.4, 0.5) is 0 Å². The molecule has 0 aliphatic carbocycles. The molecule has 0 atom stereocenters. The molecule has 0 radical (unpaired) electrons. The Morgan fingerprint density at radius 2 is 1.80 bits per heavy atom. The van der Waals surface area contributed by atoms with Crippen molar-refractivity contribution in [2.24, 2.45) is 0 Å². The van der Waals surface area contributed by atoms with E-state index in [0.717, 1.165) is 59.5 Å². The Kier molecular flexibility index (Phi) is 5.63. The maximum atomic E-state index is 9.39.